The van der Waals surface area contributed by atoms with Crippen molar-refractivity contribution >= 4 is 35.2 Å². The highest BCUT2D eigenvalue weighted by molar-refractivity contribution is 6.35. The molecule has 0 atom stereocenters. The first-order valence-corrected chi connectivity index (χ1v) is 6.21. The molecular formula is C14H10Cl2O3. The van der Waals surface area contributed by atoms with E-state index in [1.807, 2.05) is 6.92 Å². The summed E-state index contributed by atoms with van der Waals surface area (Å²) in [6.07, 6.45) is 2.79. The highest BCUT2D eigenvalue weighted by Crippen LogP contribution is 2.27. The van der Waals surface area contributed by atoms with Crippen molar-refractivity contribution in [3.63, 3.8) is 0 Å². The summed E-state index contributed by atoms with van der Waals surface area (Å²) in [4.78, 5) is 11.6. The van der Waals surface area contributed by atoms with Crippen molar-refractivity contribution in [1.29, 1.82) is 0 Å². The molecule has 0 aliphatic rings. The molecule has 1 aromatic heterocycles. The van der Waals surface area contributed by atoms with Gasteiger partial charge in [-0.15, -0.1) is 0 Å². The number of rotatable bonds is 3. The number of aryl methyl sites for hydroxylation is 1. The molecule has 0 N–H and O–H groups in total. The lowest BCUT2D eigenvalue weighted by Crippen LogP contribution is -2.03. The van der Waals surface area contributed by atoms with Gasteiger partial charge in [-0.2, -0.15) is 0 Å². The molecule has 0 aliphatic heterocycles. The van der Waals surface area contributed by atoms with E-state index in [0.717, 1.165) is 5.76 Å². The maximum absolute atomic E-state index is 11.6. The molecule has 3 nitrogen and oxygen atoms in total. The quantitative estimate of drug-likeness (QED) is 0.475. The average Bonchev–Trinajstić information content (AvgIpc) is 2.76. The summed E-state index contributed by atoms with van der Waals surface area (Å²) in [5.41, 5.74) is 0. The third kappa shape index (κ3) is 3.88. The van der Waals surface area contributed by atoms with Crippen LogP contribution in [0, 0.1) is 6.92 Å². The fourth-order valence-corrected chi connectivity index (χ4v) is 1.84. The second-order valence-corrected chi connectivity index (χ2v) is 4.62. The molecule has 0 fully saturated rings. The van der Waals surface area contributed by atoms with Crippen LogP contribution in [-0.2, 0) is 4.79 Å². The fraction of sp³-hybridized carbons (Fsp3) is 0.0714. The Kier molecular flexibility index (Phi) is 4.30. The number of hydrogen-bond acceptors (Lipinski definition) is 3. The lowest BCUT2D eigenvalue weighted by Gasteiger charge is -2.03. The van der Waals surface area contributed by atoms with Crippen molar-refractivity contribution in [1.82, 2.24) is 0 Å². The molecule has 98 valence electrons. The summed E-state index contributed by atoms with van der Waals surface area (Å²) in [5, 5.41) is 0.759. The first-order chi connectivity index (χ1) is 9.04. The van der Waals surface area contributed by atoms with Gasteiger partial charge in [-0.1, -0.05) is 23.2 Å². The second-order valence-electron chi connectivity index (χ2n) is 3.78. The number of esters is 1. The van der Waals surface area contributed by atoms with Crippen molar-refractivity contribution < 1.29 is 13.9 Å². The summed E-state index contributed by atoms with van der Waals surface area (Å²) >= 11 is 11.6. The van der Waals surface area contributed by atoms with E-state index >= 15 is 0 Å². The lowest BCUT2D eigenvalue weighted by atomic mass is 10.3. The third-order valence-corrected chi connectivity index (χ3v) is 2.78. The van der Waals surface area contributed by atoms with Crippen LogP contribution >= 0.6 is 23.2 Å². The number of benzene rings is 1. The van der Waals surface area contributed by atoms with Crippen molar-refractivity contribution in [2.45, 2.75) is 6.92 Å². The molecule has 2 rings (SSSR count). The Labute approximate surface area is 120 Å². The molecule has 0 saturated carbocycles. The van der Waals surface area contributed by atoms with Crippen molar-refractivity contribution in [2.24, 2.45) is 0 Å². The molecule has 0 unspecified atom stereocenters. The van der Waals surface area contributed by atoms with Crippen LogP contribution in [0.3, 0.4) is 0 Å². The Hall–Kier alpha value is -1.71. The van der Waals surface area contributed by atoms with E-state index in [-0.39, 0.29) is 10.8 Å². The van der Waals surface area contributed by atoms with Gasteiger partial charge in [-0.25, -0.2) is 4.79 Å². The first kappa shape index (κ1) is 13.7. The molecule has 1 aromatic carbocycles. The van der Waals surface area contributed by atoms with E-state index in [2.05, 4.69) is 0 Å². The van der Waals surface area contributed by atoms with Gasteiger partial charge in [-0.3, -0.25) is 0 Å². The lowest BCUT2D eigenvalue weighted by molar-refractivity contribution is -0.128. The minimum atomic E-state index is -0.543. The Morgan fingerprint density at radius 1 is 1.26 bits per heavy atom. The molecule has 0 spiro atoms. The molecular weight excluding hydrogens is 287 g/mol. The first-order valence-electron chi connectivity index (χ1n) is 5.46. The van der Waals surface area contributed by atoms with Crippen LogP contribution in [0.15, 0.2) is 40.8 Å². The summed E-state index contributed by atoms with van der Waals surface area (Å²) < 4.78 is 10.4. The Balaban J connectivity index is 2.03. The van der Waals surface area contributed by atoms with Gasteiger partial charge in [0.1, 0.15) is 17.3 Å². The average molecular weight is 297 g/mol. The van der Waals surface area contributed by atoms with E-state index < -0.39 is 5.97 Å². The summed E-state index contributed by atoms with van der Waals surface area (Å²) in [6, 6.07) is 8.20. The van der Waals surface area contributed by atoms with E-state index in [1.54, 1.807) is 18.2 Å². The summed E-state index contributed by atoms with van der Waals surface area (Å²) in [5.74, 6) is 1.07. The number of furan rings is 1. The molecule has 1 heterocycles. The van der Waals surface area contributed by atoms with Crippen molar-refractivity contribution in [2.75, 3.05) is 0 Å². The zero-order valence-electron chi connectivity index (χ0n) is 10.0. The Bertz CT molecular complexity index is 629. The number of halogens is 2. The minimum absolute atomic E-state index is 0.261. The molecule has 0 saturated heterocycles. The second kappa shape index (κ2) is 5.95. The predicted molar refractivity (Wildman–Crippen MR) is 74.6 cm³/mol. The molecule has 0 amide bonds. The van der Waals surface area contributed by atoms with Gasteiger partial charge in [0.25, 0.3) is 0 Å². The normalized spacial score (nSPS) is 10.9. The van der Waals surface area contributed by atoms with Crippen molar-refractivity contribution in [3.05, 3.63) is 58.0 Å². The van der Waals surface area contributed by atoms with Gasteiger partial charge < -0.3 is 9.15 Å². The zero-order valence-corrected chi connectivity index (χ0v) is 11.5. The molecule has 0 aliphatic carbocycles. The zero-order chi connectivity index (χ0) is 13.8. The fourth-order valence-electron chi connectivity index (χ4n) is 1.39. The van der Waals surface area contributed by atoms with Gasteiger partial charge in [0, 0.05) is 11.1 Å². The van der Waals surface area contributed by atoms with Crippen LogP contribution < -0.4 is 4.74 Å². The van der Waals surface area contributed by atoms with Crippen LogP contribution in [-0.4, -0.2) is 5.97 Å². The molecule has 5 heteroatoms. The van der Waals surface area contributed by atoms with E-state index in [0.29, 0.717) is 10.8 Å². The molecule has 0 bridgehead atoms. The van der Waals surface area contributed by atoms with Gasteiger partial charge >= 0.3 is 5.97 Å². The Morgan fingerprint density at radius 2 is 2.05 bits per heavy atom. The van der Waals surface area contributed by atoms with Crippen LogP contribution in [0.5, 0.6) is 5.75 Å². The van der Waals surface area contributed by atoms with E-state index in [4.69, 9.17) is 32.4 Å². The Morgan fingerprint density at radius 3 is 2.68 bits per heavy atom. The van der Waals surface area contributed by atoms with Gasteiger partial charge in [0.05, 0.1) is 5.02 Å². The van der Waals surface area contributed by atoms with Crippen molar-refractivity contribution in [3.8, 4) is 5.75 Å². The van der Waals surface area contributed by atoms with E-state index in [1.165, 1.54) is 24.3 Å². The number of ether oxygens (including phenoxy) is 1. The maximum Gasteiger partial charge on any atom is 0.336 e. The minimum Gasteiger partial charge on any atom is -0.462 e. The third-order valence-electron chi connectivity index (χ3n) is 2.25. The number of carbonyl (C=O) groups excluding carboxylic acids is 1. The number of hydrogen-bond donors (Lipinski definition) is 0. The molecule has 19 heavy (non-hydrogen) atoms. The summed E-state index contributed by atoms with van der Waals surface area (Å²) in [7, 11) is 0. The van der Waals surface area contributed by atoms with Crippen LogP contribution in [0.4, 0.5) is 0 Å². The molecule has 0 radical (unpaired) electrons. The number of carbonyl (C=O) groups is 1. The van der Waals surface area contributed by atoms with Gasteiger partial charge in [0.2, 0.25) is 0 Å². The van der Waals surface area contributed by atoms with Gasteiger partial charge in [-0.05, 0) is 43.3 Å². The molecule has 2 aromatic rings. The predicted octanol–water partition coefficient (Wildman–Crippen LogP) is 4.51. The standard InChI is InChI=1S/C14H10Cl2O3/c1-9-2-4-11(18-9)5-7-14(17)19-13-6-3-10(15)8-12(13)16/h2-8H,1H3. The highest BCUT2D eigenvalue weighted by Gasteiger charge is 2.06. The SMILES string of the molecule is Cc1ccc(C=CC(=O)Oc2ccc(Cl)cc2Cl)o1. The van der Waals surface area contributed by atoms with Crippen LogP contribution in [0.1, 0.15) is 11.5 Å². The maximum atomic E-state index is 11.6. The summed E-state index contributed by atoms with van der Waals surface area (Å²) in [6.45, 7) is 1.82. The largest absolute Gasteiger partial charge is 0.462 e. The van der Waals surface area contributed by atoms with Crippen LogP contribution in [0.25, 0.3) is 6.08 Å². The van der Waals surface area contributed by atoms with Crippen LogP contribution in [0.2, 0.25) is 10.0 Å². The monoisotopic (exact) mass is 296 g/mol. The topological polar surface area (TPSA) is 39.4 Å². The highest BCUT2D eigenvalue weighted by atomic mass is 35.5. The van der Waals surface area contributed by atoms with Gasteiger partial charge in [0.15, 0.2) is 0 Å². The smallest absolute Gasteiger partial charge is 0.336 e. The van der Waals surface area contributed by atoms with E-state index in [9.17, 15) is 4.79 Å².